The molecule has 0 saturated heterocycles. The number of hydrogen-bond donors (Lipinski definition) is 1. The van der Waals surface area contributed by atoms with Crippen LogP contribution in [0.2, 0.25) is 0 Å². The minimum Gasteiger partial charge on any atom is -0.494 e. The van der Waals surface area contributed by atoms with Gasteiger partial charge in [0.25, 0.3) is 0 Å². The Labute approximate surface area is 171 Å². The van der Waals surface area contributed by atoms with E-state index in [1.165, 1.54) is 11.3 Å². The Morgan fingerprint density at radius 1 is 1.04 bits per heavy atom. The van der Waals surface area contributed by atoms with E-state index in [1.54, 1.807) is 18.3 Å². The summed E-state index contributed by atoms with van der Waals surface area (Å²) in [5.74, 6) is 0.160. The van der Waals surface area contributed by atoms with Gasteiger partial charge in [-0.05, 0) is 43.0 Å². The molecule has 2 heterocycles. The lowest BCUT2D eigenvalue weighted by molar-refractivity contribution is -0.115. The van der Waals surface area contributed by atoms with Crippen molar-refractivity contribution in [2.24, 2.45) is 0 Å². The van der Waals surface area contributed by atoms with E-state index in [9.17, 15) is 9.59 Å². The quantitative estimate of drug-likeness (QED) is 0.512. The molecule has 0 bridgehead atoms. The maximum absolute atomic E-state index is 12.5. The Kier molecular flexibility index (Phi) is 6.84. The molecule has 0 aliphatic rings. The highest BCUT2D eigenvalue weighted by Gasteiger charge is 2.23. The number of ether oxygens (including phenoxy) is 2. The fraction of sp³-hybridized carbons (Fsp3) is 0.238. The largest absolute Gasteiger partial charge is 0.494 e. The van der Waals surface area contributed by atoms with Gasteiger partial charge in [-0.25, -0.2) is 4.79 Å². The van der Waals surface area contributed by atoms with Gasteiger partial charge in [0.15, 0.2) is 0 Å². The van der Waals surface area contributed by atoms with E-state index >= 15 is 0 Å². The molecule has 0 unspecified atom stereocenters. The molecule has 1 amide bonds. The Balaban J connectivity index is 1.77. The van der Waals surface area contributed by atoms with Crippen LogP contribution in [0, 0.1) is 0 Å². The topological polar surface area (TPSA) is 64.6 Å². The lowest BCUT2D eigenvalue weighted by Gasteiger charge is -2.09. The predicted molar refractivity (Wildman–Crippen MR) is 114 cm³/mol. The van der Waals surface area contributed by atoms with Gasteiger partial charge >= 0.3 is 5.97 Å². The normalized spacial score (nSPS) is 10.5. The van der Waals surface area contributed by atoms with Crippen LogP contribution in [0.4, 0.5) is 5.00 Å². The molecule has 0 aliphatic heterocycles. The third-order valence-electron chi connectivity index (χ3n) is 3.91. The number of nitrogens with one attached hydrogen (secondary N) is 1. The fourth-order valence-corrected chi connectivity index (χ4v) is 4.48. The summed E-state index contributed by atoms with van der Waals surface area (Å²) < 4.78 is 10.6. The van der Waals surface area contributed by atoms with Gasteiger partial charge in [-0.1, -0.05) is 18.2 Å². The summed E-state index contributed by atoms with van der Waals surface area (Å²) in [5, 5.41) is 7.21. The van der Waals surface area contributed by atoms with Crippen LogP contribution in [0.25, 0.3) is 10.4 Å². The van der Waals surface area contributed by atoms with Gasteiger partial charge < -0.3 is 14.8 Å². The second-order valence-electron chi connectivity index (χ2n) is 5.85. The van der Waals surface area contributed by atoms with Crippen LogP contribution >= 0.6 is 22.7 Å². The summed E-state index contributed by atoms with van der Waals surface area (Å²) >= 11 is 2.87. The molecule has 7 heteroatoms. The van der Waals surface area contributed by atoms with Crippen LogP contribution in [0.3, 0.4) is 0 Å². The van der Waals surface area contributed by atoms with Gasteiger partial charge in [-0.2, -0.15) is 0 Å². The van der Waals surface area contributed by atoms with E-state index in [0.29, 0.717) is 17.2 Å². The number of thiophene rings is 2. The van der Waals surface area contributed by atoms with Crippen LogP contribution < -0.4 is 10.1 Å². The van der Waals surface area contributed by atoms with Gasteiger partial charge in [0, 0.05) is 15.8 Å². The molecule has 3 rings (SSSR count). The number of carbonyl (C=O) groups is 2. The maximum atomic E-state index is 12.5. The van der Waals surface area contributed by atoms with Crippen molar-refractivity contribution in [3.05, 3.63) is 58.3 Å². The van der Waals surface area contributed by atoms with E-state index < -0.39 is 5.97 Å². The molecule has 0 aliphatic carbocycles. The number of rotatable bonds is 8. The number of carbonyl (C=O) groups excluding carboxylic acids is 2. The number of anilines is 1. The van der Waals surface area contributed by atoms with E-state index in [-0.39, 0.29) is 18.9 Å². The summed E-state index contributed by atoms with van der Waals surface area (Å²) in [7, 11) is 0. The van der Waals surface area contributed by atoms with E-state index in [2.05, 4.69) is 5.32 Å². The average molecular weight is 416 g/mol. The van der Waals surface area contributed by atoms with Crippen molar-refractivity contribution in [1.29, 1.82) is 0 Å². The van der Waals surface area contributed by atoms with Crippen molar-refractivity contribution >= 4 is 39.6 Å². The number of esters is 1. The van der Waals surface area contributed by atoms with Crippen molar-refractivity contribution in [3.63, 3.8) is 0 Å². The third kappa shape index (κ3) is 4.79. The van der Waals surface area contributed by atoms with Crippen molar-refractivity contribution in [2.75, 3.05) is 18.5 Å². The highest BCUT2D eigenvalue weighted by molar-refractivity contribution is 7.17. The third-order valence-corrected chi connectivity index (χ3v) is 5.71. The first-order valence-electron chi connectivity index (χ1n) is 8.96. The van der Waals surface area contributed by atoms with Gasteiger partial charge in [-0.3, -0.25) is 4.79 Å². The molecule has 3 aromatic rings. The van der Waals surface area contributed by atoms with Crippen LogP contribution in [0.1, 0.15) is 29.8 Å². The van der Waals surface area contributed by atoms with Gasteiger partial charge in [0.05, 0.1) is 19.6 Å². The molecule has 28 heavy (non-hydrogen) atoms. The molecule has 146 valence electrons. The molecule has 1 N–H and O–H groups in total. The first kappa shape index (κ1) is 20.1. The zero-order valence-corrected chi connectivity index (χ0v) is 17.3. The molecular formula is C21H21NO4S2. The van der Waals surface area contributed by atoms with E-state index in [4.69, 9.17) is 9.47 Å². The zero-order chi connectivity index (χ0) is 19.9. The number of benzene rings is 1. The molecule has 0 atom stereocenters. The molecule has 0 saturated carbocycles. The lowest BCUT2D eigenvalue weighted by Crippen LogP contribution is -2.16. The van der Waals surface area contributed by atoms with Gasteiger partial charge in [0.2, 0.25) is 5.91 Å². The first-order valence-corrected chi connectivity index (χ1v) is 10.7. The minimum atomic E-state index is -0.427. The standard InChI is InChI=1S/C21H21NO4S2/c1-3-25-15-9-7-14(8-10-15)12-18(23)22-20-19(21(24)26-4-2)16(13-28-20)17-6-5-11-27-17/h5-11,13H,3-4,12H2,1-2H3,(H,22,23). The number of amides is 1. The molecule has 1 aromatic carbocycles. The lowest BCUT2D eigenvalue weighted by atomic mass is 10.1. The molecule has 2 aromatic heterocycles. The Hall–Kier alpha value is -2.64. The molecule has 0 spiro atoms. The summed E-state index contributed by atoms with van der Waals surface area (Å²) in [4.78, 5) is 26.0. The fourth-order valence-electron chi connectivity index (χ4n) is 2.70. The average Bonchev–Trinajstić information content (AvgIpc) is 3.33. The number of hydrogen-bond acceptors (Lipinski definition) is 6. The Bertz CT molecular complexity index is 930. The van der Waals surface area contributed by atoms with Crippen molar-refractivity contribution in [3.8, 4) is 16.2 Å². The van der Waals surface area contributed by atoms with Crippen LogP contribution in [-0.4, -0.2) is 25.1 Å². The summed E-state index contributed by atoms with van der Waals surface area (Å²) in [5.41, 5.74) is 2.07. The minimum absolute atomic E-state index is 0.186. The SMILES string of the molecule is CCOC(=O)c1c(-c2cccs2)csc1NC(=O)Cc1ccc(OCC)cc1. The Morgan fingerprint density at radius 3 is 2.46 bits per heavy atom. The second-order valence-corrected chi connectivity index (χ2v) is 7.68. The van der Waals surface area contributed by atoms with Crippen LogP contribution in [0.15, 0.2) is 47.2 Å². The summed E-state index contributed by atoms with van der Waals surface area (Å²) in [6.45, 7) is 4.56. The van der Waals surface area contributed by atoms with Crippen molar-refractivity contribution in [2.45, 2.75) is 20.3 Å². The van der Waals surface area contributed by atoms with E-state index in [0.717, 1.165) is 21.8 Å². The van der Waals surface area contributed by atoms with Gasteiger partial charge in [-0.15, -0.1) is 22.7 Å². The van der Waals surface area contributed by atoms with Crippen molar-refractivity contribution < 1.29 is 19.1 Å². The zero-order valence-electron chi connectivity index (χ0n) is 15.7. The van der Waals surface area contributed by atoms with E-state index in [1.807, 2.05) is 54.1 Å². The molecule has 0 radical (unpaired) electrons. The molecular weight excluding hydrogens is 394 g/mol. The molecule has 0 fully saturated rings. The highest BCUT2D eigenvalue weighted by atomic mass is 32.1. The van der Waals surface area contributed by atoms with Gasteiger partial charge in [0.1, 0.15) is 16.3 Å². The predicted octanol–water partition coefficient (Wildman–Crippen LogP) is 5.23. The summed E-state index contributed by atoms with van der Waals surface area (Å²) in [6, 6.07) is 11.3. The smallest absolute Gasteiger partial charge is 0.341 e. The summed E-state index contributed by atoms with van der Waals surface area (Å²) in [6.07, 6.45) is 0.209. The van der Waals surface area contributed by atoms with Crippen molar-refractivity contribution in [1.82, 2.24) is 0 Å². The Morgan fingerprint density at radius 2 is 1.82 bits per heavy atom. The monoisotopic (exact) mass is 415 g/mol. The maximum Gasteiger partial charge on any atom is 0.341 e. The highest BCUT2D eigenvalue weighted by Crippen LogP contribution is 2.38. The first-order chi connectivity index (χ1) is 13.6. The second kappa shape index (κ2) is 9.52. The molecule has 5 nitrogen and oxygen atoms in total. The van der Waals surface area contributed by atoms with Crippen LogP contribution in [0.5, 0.6) is 5.75 Å². The van der Waals surface area contributed by atoms with Crippen LogP contribution in [-0.2, 0) is 16.0 Å².